The van der Waals surface area contributed by atoms with Gasteiger partial charge in [-0.1, -0.05) is 44.0 Å². The normalized spacial score (nSPS) is 22.1. The molecular weight excluding hydrogens is 501 g/mol. The standard InChI is InChI=1S/C28H39Cl2NO3S/c1-4-31(5-2)13-14-34-28(33)27-12-10-23(35-27)7-6-8-24-19(3)15-26(32)25(24)11-9-20-16-21(29)18-22(30)17-20/h10,12,16-19,24-26,32H,4-9,11,13-15H2,1-3H3/t19?,24-,25?,26?/m0/s1. The molecule has 1 aromatic carbocycles. The highest BCUT2D eigenvalue weighted by Gasteiger charge is 2.39. The van der Waals surface area contributed by atoms with Gasteiger partial charge in [-0.15, -0.1) is 11.3 Å². The van der Waals surface area contributed by atoms with Crippen molar-refractivity contribution in [3.05, 3.63) is 55.7 Å². The number of aryl methyl sites for hydroxylation is 2. The number of likely N-dealkylation sites (N-methyl/N-ethyl adjacent to an activating group) is 1. The smallest absolute Gasteiger partial charge is 0.348 e. The predicted octanol–water partition coefficient (Wildman–Crippen LogP) is 7.14. The number of esters is 1. The van der Waals surface area contributed by atoms with Crippen molar-refractivity contribution in [1.82, 2.24) is 4.90 Å². The highest BCUT2D eigenvalue weighted by atomic mass is 35.5. The molecule has 2 aromatic rings. The fourth-order valence-electron chi connectivity index (χ4n) is 5.44. The average Bonchev–Trinajstić information content (AvgIpc) is 3.39. The molecule has 1 aliphatic carbocycles. The first kappa shape index (κ1) is 28.5. The van der Waals surface area contributed by atoms with Gasteiger partial charge in [0.15, 0.2) is 0 Å². The van der Waals surface area contributed by atoms with Gasteiger partial charge in [-0.2, -0.15) is 0 Å². The summed E-state index contributed by atoms with van der Waals surface area (Å²) in [4.78, 5) is 16.5. The number of benzene rings is 1. The SMILES string of the molecule is CCN(CC)CCOC(=O)c1ccc(CCC[C@H]2C(C)CC(O)C2CCc2cc(Cl)cc(Cl)c2)s1. The zero-order chi connectivity index (χ0) is 25.4. The van der Waals surface area contributed by atoms with Crippen LogP contribution in [0.1, 0.15) is 66.6 Å². The van der Waals surface area contributed by atoms with Gasteiger partial charge in [-0.3, -0.25) is 0 Å². The molecule has 194 valence electrons. The molecule has 35 heavy (non-hydrogen) atoms. The third kappa shape index (κ3) is 8.46. The lowest BCUT2D eigenvalue weighted by Gasteiger charge is -2.24. The van der Waals surface area contributed by atoms with Crippen molar-refractivity contribution in [2.45, 2.75) is 65.4 Å². The first-order valence-corrected chi connectivity index (χ1v) is 14.5. The molecule has 3 rings (SSSR count). The van der Waals surface area contributed by atoms with Crippen LogP contribution in [-0.2, 0) is 17.6 Å². The molecule has 1 heterocycles. The van der Waals surface area contributed by atoms with Crippen LogP contribution >= 0.6 is 34.5 Å². The Morgan fingerprint density at radius 1 is 1.09 bits per heavy atom. The lowest BCUT2D eigenvalue weighted by atomic mass is 9.82. The fraction of sp³-hybridized carbons (Fsp3) is 0.607. The van der Waals surface area contributed by atoms with Crippen molar-refractivity contribution >= 4 is 40.5 Å². The van der Waals surface area contributed by atoms with Crippen LogP contribution in [0.3, 0.4) is 0 Å². The van der Waals surface area contributed by atoms with E-state index in [0.717, 1.165) is 63.7 Å². The van der Waals surface area contributed by atoms with Gasteiger partial charge in [0.25, 0.3) is 0 Å². The third-order valence-corrected chi connectivity index (χ3v) is 9.00. The Bertz CT molecular complexity index is 926. The van der Waals surface area contributed by atoms with Crippen LogP contribution in [0.25, 0.3) is 0 Å². The maximum Gasteiger partial charge on any atom is 0.348 e. The summed E-state index contributed by atoms with van der Waals surface area (Å²) >= 11 is 13.9. The van der Waals surface area contributed by atoms with Crippen LogP contribution in [0.15, 0.2) is 30.3 Å². The first-order valence-electron chi connectivity index (χ1n) is 12.9. The maximum absolute atomic E-state index is 12.4. The maximum atomic E-state index is 12.4. The van der Waals surface area contributed by atoms with Crippen molar-refractivity contribution in [1.29, 1.82) is 0 Å². The average molecular weight is 541 g/mol. The topological polar surface area (TPSA) is 49.8 Å². The molecule has 1 aromatic heterocycles. The van der Waals surface area contributed by atoms with Crippen molar-refractivity contribution in [3.8, 4) is 0 Å². The molecule has 4 nitrogen and oxygen atoms in total. The van der Waals surface area contributed by atoms with Crippen molar-refractivity contribution < 1.29 is 14.6 Å². The third-order valence-electron chi connectivity index (χ3n) is 7.44. The van der Waals surface area contributed by atoms with Gasteiger partial charge in [-0.05, 0) is 105 Å². The highest BCUT2D eigenvalue weighted by Crippen LogP contribution is 2.42. The van der Waals surface area contributed by atoms with E-state index in [1.165, 1.54) is 4.88 Å². The number of thiophene rings is 1. The molecule has 0 aliphatic heterocycles. The fourth-order valence-corrected chi connectivity index (χ4v) is 6.96. The Morgan fingerprint density at radius 2 is 1.80 bits per heavy atom. The minimum absolute atomic E-state index is 0.220. The molecule has 1 saturated carbocycles. The zero-order valence-electron chi connectivity index (χ0n) is 21.1. The summed E-state index contributed by atoms with van der Waals surface area (Å²) in [5, 5.41) is 12.0. The number of hydrogen-bond donors (Lipinski definition) is 1. The largest absolute Gasteiger partial charge is 0.460 e. The van der Waals surface area contributed by atoms with Crippen molar-refractivity contribution in [2.24, 2.45) is 17.8 Å². The summed E-state index contributed by atoms with van der Waals surface area (Å²) < 4.78 is 5.46. The van der Waals surface area contributed by atoms with Crippen LogP contribution < -0.4 is 0 Å². The number of carbonyl (C=O) groups excluding carboxylic acids is 1. The van der Waals surface area contributed by atoms with E-state index >= 15 is 0 Å². The molecule has 1 N–H and O–H groups in total. The molecule has 0 spiro atoms. The summed E-state index contributed by atoms with van der Waals surface area (Å²) in [6, 6.07) is 9.63. The van der Waals surface area contributed by atoms with Crippen LogP contribution in [0, 0.1) is 17.8 Å². The Labute approximate surface area is 224 Å². The summed E-state index contributed by atoms with van der Waals surface area (Å²) in [6.45, 7) is 9.62. The van der Waals surface area contributed by atoms with E-state index in [4.69, 9.17) is 27.9 Å². The van der Waals surface area contributed by atoms with Gasteiger partial charge in [0.2, 0.25) is 0 Å². The monoisotopic (exact) mass is 539 g/mol. The number of nitrogens with zero attached hydrogens (tertiary/aromatic N) is 1. The lowest BCUT2D eigenvalue weighted by Crippen LogP contribution is -2.27. The number of hydrogen-bond acceptors (Lipinski definition) is 5. The Hall–Kier alpha value is -1.11. The van der Waals surface area contributed by atoms with Gasteiger partial charge >= 0.3 is 5.97 Å². The summed E-state index contributed by atoms with van der Waals surface area (Å²) in [5.74, 6) is 1.09. The number of ether oxygens (including phenoxy) is 1. The first-order chi connectivity index (χ1) is 16.8. The summed E-state index contributed by atoms with van der Waals surface area (Å²) in [6.07, 6.45) is 5.52. The number of rotatable bonds is 13. The van der Waals surface area contributed by atoms with Gasteiger partial charge < -0.3 is 14.7 Å². The molecule has 4 atom stereocenters. The molecule has 3 unspecified atom stereocenters. The minimum Gasteiger partial charge on any atom is -0.460 e. The second kappa shape index (κ2) is 14.0. The van der Waals surface area contributed by atoms with Crippen LogP contribution in [0.4, 0.5) is 0 Å². The molecule has 0 amide bonds. The molecule has 1 aliphatic rings. The molecule has 0 bridgehead atoms. The number of carbonyl (C=O) groups is 1. The van der Waals surface area contributed by atoms with E-state index in [0.29, 0.717) is 39.3 Å². The minimum atomic E-state index is -0.246. The van der Waals surface area contributed by atoms with Crippen LogP contribution in [0.5, 0.6) is 0 Å². The van der Waals surface area contributed by atoms with E-state index in [1.54, 1.807) is 17.4 Å². The second-order valence-corrected chi connectivity index (χ2v) is 11.8. The Morgan fingerprint density at radius 3 is 2.49 bits per heavy atom. The van der Waals surface area contributed by atoms with Gasteiger partial charge in [0, 0.05) is 21.5 Å². The van der Waals surface area contributed by atoms with Crippen molar-refractivity contribution in [3.63, 3.8) is 0 Å². The van der Waals surface area contributed by atoms with Crippen molar-refractivity contribution in [2.75, 3.05) is 26.2 Å². The van der Waals surface area contributed by atoms with Crippen LogP contribution in [0.2, 0.25) is 10.0 Å². The molecule has 0 saturated heterocycles. The predicted molar refractivity (Wildman–Crippen MR) is 147 cm³/mol. The van der Waals surface area contributed by atoms with Crippen LogP contribution in [-0.4, -0.2) is 48.3 Å². The zero-order valence-corrected chi connectivity index (χ0v) is 23.5. The number of aliphatic hydroxyl groups excluding tert-OH is 1. The Kier molecular flexibility index (Phi) is 11.4. The quantitative estimate of drug-likeness (QED) is 0.274. The summed E-state index contributed by atoms with van der Waals surface area (Å²) in [5.41, 5.74) is 1.13. The summed E-state index contributed by atoms with van der Waals surface area (Å²) in [7, 11) is 0. The molecule has 7 heteroatoms. The number of halogens is 2. The van der Waals surface area contributed by atoms with Gasteiger partial charge in [-0.25, -0.2) is 4.79 Å². The van der Waals surface area contributed by atoms with Gasteiger partial charge in [0.05, 0.1) is 6.10 Å². The van der Waals surface area contributed by atoms with E-state index in [-0.39, 0.29) is 12.1 Å². The van der Waals surface area contributed by atoms with E-state index < -0.39 is 0 Å². The Balaban J connectivity index is 1.46. The van der Waals surface area contributed by atoms with E-state index in [2.05, 4.69) is 31.7 Å². The number of aliphatic hydroxyl groups is 1. The second-order valence-electron chi connectivity index (χ2n) is 9.75. The molecule has 1 fully saturated rings. The van der Waals surface area contributed by atoms with E-state index in [1.807, 2.05) is 18.2 Å². The molecular formula is C28H39Cl2NO3S. The highest BCUT2D eigenvalue weighted by molar-refractivity contribution is 7.13. The van der Waals surface area contributed by atoms with Gasteiger partial charge in [0.1, 0.15) is 11.5 Å². The lowest BCUT2D eigenvalue weighted by molar-refractivity contribution is 0.0472. The molecule has 0 radical (unpaired) electrons. The van der Waals surface area contributed by atoms with E-state index in [9.17, 15) is 9.90 Å².